The lowest BCUT2D eigenvalue weighted by molar-refractivity contribution is 0.0971. The molecule has 0 amide bonds. The van der Waals surface area contributed by atoms with Crippen molar-refractivity contribution in [3.8, 4) is 6.07 Å². The number of benzene rings is 1. The molecule has 0 N–H and O–H groups in total. The number of piperazine rings is 1. The summed E-state index contributed by atoms with van der Waals surface area (Å²) >= 11 is 6.45. The van der Waals surface area contributed by atoms with Crippen molar-refractivity contribution in [3.05, 3.63) is 52.2 Å². The molecule has 2 heterocycles. The van der Waals surface area contributed by atoms with Crippen LogP contribution in [0.2, 0.25) is 5.02 Å². The molecule has 132 valence electrons. The first-order valence-electron chi connectivity index (χ1n) is 8.89. The molecule has 2 aliphatic rings. The lowest BCUT2D eigenvalue weighted by atomic mass is 9.93. The second-order valence-electron chi connectivity index (χ2n) is 6.64. The van der Waals surface area contributed by atoms with Crippen molar-refractivity contribution in [2.24, 2.45) is 0 Å². The van der Waals surface area contributed by atoms with Crippen LogP contribution in [-0.2, 0) is 6.42 Å². The fraction of sp³-hybridized carbons (Fsp3) is 0.350. The standard InChI is InChI=1S/C20H19ClN4O/c21-19-15(13-22)20(23-16-7-4-8-17(26)18(16)19)25-11-9-24(10-12-25)14-5-2-1-3-6-14/h1-3,5-6H,4,7-12H2. The van der Waals surface area contributed by atoms with Crippen LogP contribution in [0.3, 0.4) is 0 Å². The van der Waals surface area contributed by atoms with E-state index in [1.54, 1.807) is 0 Å². The van der Waals surface area contributed by atoms with E-state index in [2.05, 4.69) is 28.0 Å². The molecule has 0 radical (unpaired) electrons. The van der Waals surface area contributed by atoms with Gasteiger partial charge in [-0.05, 0) is 25.0 Å². The van der Waals surface area contributed by atoms with Crippen LogP contribution < -0.4 is 9.80 Å². The van der Waals surface area contributed by atoms with Crippen molar-refractivity contribution >= 4 is 28.9 Å². The van der Waals surface area contributed by atoms with Crippen LogP contribution in [0.1, 0.15) is 34.5 Å². The molecule has 6 heteroatoms. The molecule has 5 nitrogen and oxygen atoms in total. The fourth-order valence-electron chi connectivity index (χ4n) is 3.74. The summed E-state index contributed by atoms with van der Waals surface area (Å²) in [5.41, 5.74) is 2.73. The minimum absolute atomic E-state index is 0.000645. The molecular weight excluding hydrogens is 348 g/mol. The van der Waals surface area contributed by atoms with Gasteiger partial charge < -0.3 is 9.80 Å². The summed E-state index contributed by atoms with van der Waals surface area (Å²) in [6.45, 7) is 3.23. The molecule has 0 bridgehead atoms. The Morgan fingerprint density at radius 3 is 2.42 bits per heavy atom. The van der Waals surface area contributed by atoms with Gasteiger partial charge in [-0.2, -0.15) is 5.26 Å². The van der Waals surface area contributed by atoms with Crippen LogP contribution in [0.4, 0.5) is 11.5 Å². The van der Waals surface area contributed by atoms with Gasteiger partial charge in [0.05, 0.1) is 16.3 Å². The van der Waals surface area contributed by atoms with E-state index in [4.69, 9.17) is 16.6 Å². The smallest absolute Gasteiger partial charge is 0.166 e. The van der Waals surface area contributed by atoms with E-state index in [0.717, 1.165) is 44.7 Å². The van der Waals surface area contributed by atoms with Crippen LogP contribution in [0.25, 0.3) is 0 Å². The molecule has 0 saturated carbocycles. The first-order chi connectivity index (χ1) is 12.7. The van der Waals surface area contributed by atoms with Crippen molar-refractivity contribution in [2.45, 2.75) is 19.3 Å². The van der Waals surface area contributed by atoms with Crippen LogP contribution in [0.15, 0.2) is 30.3 Å². The number of nitriles is 1. The fourth-order valence-corrected chi connectivity index (χ4v) is 4.08. The molecule has 1 aromatic carbocycles. The normalized spacial score (nSPS) is 17.0. The lowest BCUT2D eigenvalue weighted by Gasteiger charge is -2.37. The number of nitrogens with zero attached hydrogens (tertiary/aromatic N) is 4. The first-order valence-corrected chi connectivity index (χ1v) is 9.27. The second-order valence-corrected chi connectivity index (χ2v) is 7.02. The molecule has 1 aliphatic heterocycles. The van der Waals surface area contributed by atoms with Crippen LogP contribution in [0, 0.1) is 11.3 Å². The Kier molecular flexibility index (Phi) is 4.52. The molecule has 1 saturated heterocycles. The molecule has 0 spiro atoms. The largest absolute Gasteiger partial charge is 0.368 e. The maximum atomic E-state index is 12.2. The number of anilines is 2. The Bertz CT molecular complexity index is 883. The lowest BCUT2D eigenvalue weighted by Crippen LogP contribution is -2.47. The topological polar surface area (TPSA) is 60.2 Å². The summed E-state index contributed by atoms with van der Waals surface area (Å²) in [7, 11) is 0. The number of fused-ring (bicyclic) bond motifs is 1. The van der Waals surface area contributed by atoms with Gasteiger partial charge in [-0.15, -0.1) is 0 Å². The zero-order chi connectivity index (χ0) is 18.1. The molecule has 2 aromatic rings. The average Bonchev–Trinajstić information content (AvgIpc) is 2.68. The molecule has 4 rings (SSSR count). The number of carbonyl (C=O) groups is 1. The number of halogens is 1. The van der Waals surface area contributed by atoms with Gasteiger partial charge in [0.1, 0.15) is 17.5 Å². The zero-order valence-electron chi connectivity index (χ0n) is 14.4. The third-order valence-electron chi connectivity index (χ3n) is 5.10. The molecular formula is C20H19ClN4O. The summed E-state index contributed by atoms with van der Waals surface area (Å²) in [4.78, 5) is 21.3. The summed E-state index contributed by atoms with van der Waals surface area (Å²) in [5.74, 6) is 0.624. The number of pyridine rings is 1. The highest BCUT2D eigenvalue weighted by atomic mass is 35.5. The van der Waals surface area contributed by atoms with Gasteiger partial charge in [0.25, 0.3) is 0 Å². The van der Waals surface area contributed by atoms with Gasteiger partial charge in [-0.1, -0.05) is 29.8 Å². The van der Waals surface area contributed by atoms with E-state index in [1.807, 2.05) is 18.2 Å². The van der Waals surface area contributed by atoms with Crippen molar-refractivity contribution in [1.29, 1.82) is 5.26 Å². The summed E-state index contributed by atoms with van der Waals surface area (Å²) in [6.07, 6.45) is 2.01. The van der Waals surface area contributed by atoms with Crippen LogP contribution >= 0.6 is 11.6 Å². The number of aromatic nitrogens is 1. The number of aryl methyl sites for hydroxylation is 1. The average molecular weight is 367 g/mol. The molecule has 26 heavy (non-hydrogen) atoms. The maximum Gasteiger partial charge on any atom is 0.166 e. The first kappa shape index (κ1) is 16.9. The van der Waals surface area contributed by atoms with Gasteiger partial charge >= 0.3 is 0 Å². The van der Waals surface area contributed by atoms with Gasteiger partial charge in [-0.3, -0.25) is 4.79 Å². The number of hydrogen-bond acceptors (Lipinski definition) is 5. The van der Waals surface area contributed by atoms with Crippen LogP contribution in [0.5, 0.6) is 0 Å². The highest BCUT2D eigenvalue weighted by molar-refractivity contribution is 6.35. The van der Waals surface area contributed by atoms with Crippen molar-refractivity contribution in [3.63, 3.8) is 0 Å². The SMILES string of the molecule is N#Cc1c(N2CCN(c3ccccc3)CC2)nc2c(c1Cl)C(=O)CCC2. The Balaban J connectivity index is 1.62. The predicted molar refractivity (Wildman–Crippen MR) is 102 cm³/mol. The number of carbonyl (C=O) groups excluding carboxylic acids is 1. The number of hydrogen-bond donors (Lipinski definition) is 0. The summed E-state index contributed by atoms with van der Waals surface area (Å²) < 4.78 is 0. The minimum Gasteiger partial charge on any atom is -0.368 e. The molecule has 1 fully saturated rings. The Morgan fingerprint density at radius 2 is 1.73 bits per heavy atom. The van der Waals surface area contributed by atoms with Crippen LogP contribution in [-0.4, -0.2) is 36.9 Å². The van der Waals surface area contributed by atoms with E-state index in [-0.39, 0.29) is 10.8 Å². The van der Waals surface area contributed by atoms with Crippen molar-refractivity contribution in [1.82, 2.24) is 4.98 Å². The highest BCUT2D eigenvalue weighted by Gasteiger charge is 2.29. The molecule has 0 atom stereocenters. The monoisotopic (exact) mass is 366 g/mol. The third kappa shape index (κ3) is 2.91. The molecule has 1 aliphatic carbocycles. The quantitative estimate of drug-likeness (QED) is 0.814. The number of ketones is 1. The zero-order valence-corrected chi connectivity index (χ0v) is 15.2. The van der Waals surface area contributed by atoms with Gasteiger partial charge in [0.15, 0.2) is 5.78 Å². The van der Waals surface area contributed by atoms with E-state index in [9.17, 15) is 10.1 Å². The third-order valence-corrected chi connectivity index (χ3v) is 5.48. The van der Waals surface area contributed by atoms with Gasteiger partial charge in [0.2, 0.25) is 0 Å². The maximum absolute atomic E-state index is 12.2. The summed E-state index contributed by atoms with van der Waals surface area (Å²) in [6, 6.07) is 12.5. The number of para-hydroxylation sites is 1. The Hall–Kier alpha value is -2.58. The molecule has 0 unspecified atom stereocenters. The molecule has 1 aromatic heterocycles. The Labute approximate surface area is 157 Å². The second kappa shape index (κ2) is 6.97. The van der Waals surface area contributed by atoms with Crippen molar-refractivity contribution in [2.75, 3.05) is 36.0 Å². The van der Waals surface area contributed by atoms with Gasteiger partial charge in [0, 0.05) is 38.3 Å². The van der Waals surface area contributed by atoms with E-state index < -0.39 is 0 Å². The highest BCUT2D eigenvalue weighted by Crippen LogP contribution is 2.35. The Morgan fingerprint density at radius 1 is 1.04 bits per heavy atom. The van der Waals surface area contributed by atoms with E-state index in [0.29, 0.717) is 23.4 Å². The predicted octanol–water partition coefficient (Wildman–Crippen LogP) is 3.45. The van der Waals surface area contributed by atoms with E-state index >= 15 is 0 Å². The minimum atomic E-state index is 0.000645. The van der Waals surface area contributed by atoms with Gasteiger partial charge in [-0.25, -0.2) is 4.98 Å². The number of rotatable bonds is 2. The van der Waals surface area contributed by atoms with Crippen molar-refractivity contribution < 1.29 is 4.79 Å². The number of Topliss-reactive ketones (excluding diaryl/α,β-unsaturated/α-hetero) is 1. The summed E-state index contributed by atoms with van der Waals surface area (Å²) in [5, 5.41) is 9.91. The van der Waals surface area contributed by atoms with E-state index in [1.165, 1.54) is 5.69 Å².